The summed E-state index contributed by atoms with van der Waals surface area (Å²) in [4.78, 5) is 4.30. The second kappa shape index (κ2) is 9.86. The van der Waals surface area contributed by atoms with Crippen LogP contribution >= 0.6 is 0 Å². The van der Waals surface area contributed by atoms with E-state index in [0.29, 0.717) is 25.8 Å². The predicted molar refractivity (Wildman–Crippen MR) is 118 cm³/mol. The molecule has 3 aromatic rings. The number of rotatable bonds is 8. The largest absolute Gasteiger partial charge is 0.394 e. The smallest absolute Gasteiger partial charge is 0.240 e. The summed E-state index contributed by atoms with van der Waals surface area (Å²) in [7, 11) is -3.68. The molecule has 0 aliphatic carbocycles. The number of aliphatic hydroxyl groups is 1. The van der Waals surface area contributed by atoms with Crippen molar-refractivity contribution in [3.8, 4) is 11.3 Å². The molecule has 2 N–H and O–H groups in total. The number of benzene rings is 1. The number of sulfonamides is 1. The molecule has 0 amide bonds. The Balaban J connectivity index is 1.33. The van der Waals surface area contributed by atoms with E-state index in [4.69, 9.17) is 4.74 Å². The number of aromatic nitrogens is 4. The second-order valence-corrected chi connectivity index (χ2v) is 9.71. The Morgan fingerprint density at radius 1 is 1.22 bits per heavy atom. The number of pyridine rings is 1. The first kappa shape index (κ1) is 22.5. The molecule has 9 nitrogen and oxygen atoms in total. The van der Waals surface area contributed by atoms with Crippen molar-refractivity contribution in [3.05, 3.63) is 60.6 Å². The molecule has 0 radical (unpaired) electrons. The fourth-order valence-electron chi connectivity index (χ4n) is 3.79. The van der Waals surface area contributed by atoms with E-state index in [2.05, 4.69) is 20.0 Å². The molecule has 0 unspecified atom stereocenters. The Hall–Kier alpha value is -2.66. The van der Waals surface area contributed by atoms with Crippen LogP contribution in [0.1, 0.15) is 24.8 Å². The Labute approximate surface area is 187 Å². The molecular weight excluding hydrogens is 430 g/mol. The van der Waals surface area contributed by atoms with Gasteiger partial charge in [0.1, 0.15) is 5.69 Å². The number of nitrogens with one attached hydrogen (secondary N) is 1. The van der Waals surface area contributed by atoms with Gasteiger partial charge in [-0.3, -0.25) is 9.67 Å². The summed E-state index contributed by atoms with van der Waals surface area (Å²) in [6.45, 7) is 2.25. The molecule has 1 saturated heterocycles. The summed E-state index contributed by atoms with van der Waals surface area (Å²) < 4.78 is 35.9. The van der Waals surface area contributed by atoms with E-state index in [1.807, 2.05) is 25.3 Å². The monoisotopic (exact) mass is 457 g/mol. The van der Waals surface area contributed by atoms with Crippen LogP contribution in [-0.4, -0.2) is 58.4 Å². The van der Waals surface area contributed by atoms with Crippen LogP contribution in [0.15, 0.2) is 59.9 Å². The van der Waals surface area contributed by atoms with Crippen LogP contribution in [0.5, 0.6) is 0 Å². The molecule has 1 aromatic carbocycles. The molecular formula is C22H27N5O4S. The minimum atomic E-state index is -3.68. The summed E-state index contributed by atoms with van der Waals surface area (Å²) in [6.07, 6.45) is 6.56. The highest BCUT2D eigenvalue weighted by Crippen LogP contribution is 2.24. The lowest BCUT2D eigenvalue weighted by Crippen LogP contribution is -2.50. The van der Waals surface area contributed by atoms with Gasteiger partial charge in [0.15, 0.2) is 0 Å². The van der Waals surface area contributed by atoms with Crippen molar-refractivity contribution < 1.29 is 18.3 Å². The van der Waals surface area contributed by atoms with E-state index in [9.17, 15) is 13.5 Å². The van der Waals surface area contributed by atoms with Gasteiger partial charge in [0, 0.05) is 24.5 Å². The van der Waals surface area contributed by atoms with Gasteiger partial charge >= 0.3 is 0 Å². The Morgan fingerprint density at radius 2 is 2.03 bits per heavy atom. The van der Waals surface area contributed by atoms with Crippen molar-refractivity contribution in [1.82, 2.24) is 24.7 Å². The Kier molecular flexibility index (Phi) is 6.95. The topological polar surface area (TPSA) is 119 Å². The molecule has 170 valence electrons. The van der Waals surface area contributed by atoms with Crippen molar-refractivity contribution >= 4 is 10.0 Å². The zero-order valence-electron chi connectivity index (χ0n) is 17.8. The SMILES string of the molecule is Cc1ccc(S(=O)(=O)N[C@H]2CC[C@@H](CCn3cc(-c4cccnc4)nn3)O[C@H]2CO)cc1. The number of hydrogen-bond donors (Lipinski definition) is 2. The van der Waals surface area contributed by atoms with Crippen LogP contribution in [0.3, 0.4) is 0 Å². The highest BCUT2D eigenvalue weighted by atomic mass is 32.2. The summed E-state index contributed by atoms with van der Waals surface area (Å²) in [5.41, 5.74) is 2.64. The first-order valence-electron chi connectivity index (χ1n) is 10.6. The number of aryl methyl sites for hydroxylation is 2. The molecule has 0 saturated carbocycles. The predicted octanol–water partition coefficient (Wildman–Crippen LogP) is 1.93. The molecule has 1 aliphatic rings. The second-order valence-electron chi connectivity index (χ2n) is 7.99. The molecule has 3 atom stereocenters. The van der Waals surface area contributed by atoms with Gasteiger partial charge in [-0.15, -0.1) is 5.10 Å². The van der Waals surface area contributed by atoms with E-state index >= 15 is 0 Å². The molecule has 1 fully saturated rings. The average Bonchev–Trinajstić information content (AvgIpc) is 3.28. The molecule has 3 heterocycles. The molecule has 4 rings (SSSR count). The third-order valence-corrected chi connectivity index (χ3v) is 7.12. The number of aliphatic hydroxyl groups excluding tert-OH is 1. The van der Waals surface area contributed by atoms with Crippen LogP contribution in [0.25, 0.3) is 11.3 Å². The van der Waals surface area contributed by atoms with Crippen LogP contribution in [0.4, 0.5) is 0 Å². The maximum atomic E-state index is 12.7. The van der Waals surface area contributed by atoms with E-state index in [1.54, 1.807) is 41.3 Å². The summed E-state index contributed by atoms with van der Waals surface area (Å²) in [5, 5.41) is 18.1. The number of hydrogen-bond acceptors (Lipinski definition) is 7. The lowest BCUT2D eigenvalue weighted by Gasteiger charge is -2.36. The minimum Gasteiger partial charge on any atom is -0.394 e. The number of ether oxygens (including phenoxy) is 1. The van der Waals surface area contributed by atoms with Gasteiger partial charge in [-0.1, -0.05) is 22.9 Å². The quantitative estimate of drug-likeness (QED) is 0.530. The third-order valence-electron chi connectivity index (χ3n) is 5.61. The van der Waals surface area contributed by atoms with Gasteiger partial charge < -0.3 is 9.84 Å². The molecule has 0 bridgehead atoms. The van der Waals surface area contributed by atoms with Crippen molar-refractivity contribution in [1.29, 1.82) is 0 Å². The molecule has 10 heteroatoms. The van der Waals surface area contributed by atoms with E-state index in [-0.39, 0.29) is 17.6 Å². The van der Waals surface area contributed by atoms with Crippen LogP contribution in [-0.2, 0) is 21.3 Å². The molecule has 1 aliphatic heterocycles. The maximum absolute atomic E-state index is 12.7. The Morgan fingerprint density at radius 3 is 2.75 bits per heavy atom. The van der Waals surface area contributed by atoms with Crippen molar-refractivity contribution in [2.45, 2.75) is 55.9 Å². The maximum Gasteiger partial charge on any atom is 0.240 e. The summed E-state index contributed by atoms with van der Waals surface area (Å²) in [5.74, 6) is 0. The Bertz CT molecular complexity index is 1120. The lowest BCUT2D eigenvalue weighted by atomic mass is 9.98. The first-order valence-corrected chi connectivity index (χ1v) is 12.1. The minimum absolute atomic E-state index is 0.0988. The third kappa shape index (κ3) is 5.39. The highest BCUT2D eigenvalue weighted by molar-refractivity contribution is 7.89. The zero-order valence-corrected chi connectivity index (χ0v) is 18.6. The van der Waals surface area contributed by atoms with E-state index in [0.717, 1.165) is 16.8 Å². The lowest BCUT2D eigenvalue weighted by molar-refractivity contribution is -0.0891. The first-order chi connectivity index (χ1) is 15.4. The van der Waals surface area contributed by atoms with Crippen molar-refractivity contribution in [3.63, 3.8) is 0 Å². The van der Waals surface area contributed by atoms with E-state index < -0.39 is 22.2 Å². The number of nitrogens with zero attached hydrogens (tertiary/aromatic N) is 4. The van der Waals surface area contributed by atoms with Gasteiger partial charge in [-0.25, -0.2) is 13.1 Å². The van der Waals surface area contributed by atoms with Crippen LogP contribution in [0, 0.1) is 6.92 Å². The fraction of sp³-hybridized carbons (Fsp3) is 0.409. The van der Waals surface area contributed by atoms with Gasteiger partial charge in [0.2, 0.25) is 10.0 Å². The standard InChI is InChI=1S/C22H27N5O4S/c1-16-4-7-19(8-5-16)32(29,30)25-20-9-6-18(31-22(20)15-28)10-12-27-14-21(24-26-27)17-3-2-11-23-13-17/h2-5,7-8,11,13-14,18,20,22,25,28H,6,9-10,12,15H2,1H3/t18-,20-,22-/m0/s1. The molecule has 32 heavy (non-hydrogen) atoms. The van der Waals surface area contributed by atoms with Crippen LogP contribution < -0.4 is 4.72 Å². The fourth-order valence-corrected chi connectivity index (χ4v) is 5.09. The van der Waals surface area contributed by atoms with Crippen LogP contribution in [0.2, 0.25) is 0 Å². The highest BCUT2D eigenvalue weighted by Gasteiger charge is 2.33. The van der Waals surface area contributed by atoms with E-state index in [1.165, 1.54) is 0 Å². The van der Waals surface area contributed by atoms with Gasteiger partial charge in [-0.05, 0) is 50.5 Å². The van der Waals surface area contributed by atoms with Gasteiger partial charge in [0.25, 0.3) is 0 Å². The van der Waals surface area contributed by atoms with Gasteiger partial charge in [0.05, 0.1) is 35.9 Å². The summed E-state index contributed by atoms with van der Waals surface area (Å²) >= 11 is 0. The van der Waals surface area contributed by atoms with Crippen molar-refractivity contribution in [2.75, 3.05) is 6.61 Å². The van der Waals surface area contributed by atoms with Gasteiger partial charge in [-0.2, -0.15) is 0 Å². The normalized spacial score (nSPS) is 21.5. The zero-order chi connectivity index (χ0) is 22.6. The van der Waals surface area contributed by atoms with Crippen molar-refractivity contribution in [2.24, 2.45) is 0 Å². The average molecular weight is 458 g/mol. The molecule has 0 spiro atoms. The molecule has 2 aromatic heterocycles. The summed E-state index contributed by atoms with van der Waals surface area (Å²) in [6, 6.07) is 9.97.